The Kier molecular flexibility index (Phi) is 3.40. The van der Waals surface area contributed by atoms with E-state index in [0.717, 1.165) is 11.0 Å². The molecule has 2 atom stereocenters. The van der Waals surface area contributed by atoms with Crippen molar-refractivity contribution in [2.75, 3.05) is 30.3 Å². The molecule has 134 valence electrons. The number of piperazine rings is 1. The van der Waals surface area contributed by atoms with Gasteiger partial charge < -0.3 is 21.3 Å². The van der Waals surface area contributed by atoms with Gasteiger partial charge in [-0.1, -0.05) is 0 Å². The van der Waals surface area contributed by atoms with Crippen LogP contribution in [0.4, 0.5) is 11.8 Å². The Morgan fingerprint density at radius 2 is 2.00 bits per heavy atom. The zero-order chi connectivity index (χ0) is 17.9. The van der Waals surface area contributed by atoms with Crippen LogP contribution in [0.3, 0.4) is 0 Å². The van der Waals surface area contributed by atoms with E-state index in [2.05, 4.69) is 35.8 Å². The Morgan fingerprint density at radius 3 is 2.72 bits per heavy atom. The number of carbonyl (C=O) groups excluding carboxylic acids is 1. The van der Waals surface area contributed by atoms with E-state index in [1.807, 2.05) is 9.58 Å². The van der Waals surface area contributed by atoms with Crippen molar-refractivity contribution in [3.63, 3.8) is 0 Å². The molecule has 9 nitrogen and oxygen atoms in total. The number of nitrogens with two attached hydrogens (primary N) is 2. The van der Waals surface area contributed by atoms with Gasteiger partial charge in [-0.25, -0.2) is 4.68 Å². The molecule has 2 aliphatic heterocycles. The molecule has 1 amide bonds. The first-order valence-electron chi connectivity index (χ1n) is 8.58. The SMILES string of the molecule is CC(C)(C)n1ncc2c(N)nc(N3CCN4C(=O)C(N)CC4C3)nc21. The van der Waals surface area contributed by atoms with Crippen LogP contribution in [-0.4, -0.2) is 62.3 Å². The number of nitrogen functional groups attached to an aromatic ring is 1. The maximum atomic E-state index is 12.1. The number of anilines is 2. The highest BCUT2D eigenvalue weighted by Gasteiger charge is 2.41. The van der Waals surface area contributed by atoms with Gasteiger partial charge in [0, 0.05) is 19.6 Å². The zero-order valence-electron chi connectivity index (χ0n) is 14.8. The van der Waals surface area contributed by atoms with Crippen LogP contribution in [0.25, 0.3) is 11.0 Å². The molecule has 0 aliphatic carbocycles. The Balaban J connectivity index is 1.69. The van der Waals surface area contributed by atoms with Crippen molar-refractivity contribution in [2.45, 2.75) is 44.8 Å². The average molecular weight is 344 g/mol. The van der Waals surface area contributed by atoms with Gasteiger partial charge in [-0.15, -0.1) is 0 Å². The minimum Gasteiger partial charge on any atom is -0.383 e. The van der Waals surface area contributed by atoms with Crippen molar-refractivity contribution in [3.05, 3.63) is 6.20 Å². The fraction of sp³-hybridized carbons (Fsp3) is 0.625. The van der Waals surface area contributed by atoms with Gasteiger partial charge in [0.1, 0.15) is 5.82 Å². The normalized spacial score (nSPS) is 24.2. The number of aromatic nitrogens is 4. The molecule has 4 heterocycles. The number of hydrogen-bond acceptors (Lipinski definition) is 7. The number of rotatable bonds is 1. The second-order valence-corrected chi connectivity index (χ2v) is 7.85. The standard InChI is InChI=1S/C16H24N8O/c1-16(2,3)24-13-10(7-19-24)12(18)20-15(21-13)22-4-5-23-9(8-22)6-11(17)14(23)25/h7,9,11H,4-6,8,17H2,1-3H3,(H2,18,20,21). The predicted molar refractivity (Wildman–Crippen MR) is 95.0 cm³/mol. The Labute approximate surface area is 146 Å². The molecule has 9 heteroatoms. The van der Waals surface area contributed by atoms with Gasteiger partial charge in [0.05, 0.1) is 29.2 Å². The molecular weight excluding hydrogens is 320 g/mol. The molecule has 4 rings (SSSR count). The summed E-state index contributed by atoms with van der Waals surface area (Å²) in [6.45, 7) is 8.19. The third-order valence-corrected chi connectivity index (χ3v) is 4.97. The molecule has 2 unspecified atom stereocenters. The lowest BCUT2D eigenvalue weighted by molar-refractivity contribution is -0.130. The molecule has 0 bridgehead atoms. The van der Waals surface area contributed by atoms with Crippen molar-refractivity contribution in [2.24, 2.45) is 5.73 Å². The molecule has 4 N–H and O–H groups in total. The Hall–Kier alpha value is -2.42. The topological polar surface area (TPSA) is 119 Å². The number of hydrogen-bond donors (Lipinski definition) is 2. The van der Waals surface area contributed by atoms with Crippen molar-refractivity contribution < 1.29 is 4.79 Å². The van der Waals surface area contributed by atoms with E-state index in [0.29, 0.717) is 37.8 Å². The summed E-state index contributed by atoms with van der Waals surface area (Å²) in [6.07, 6.45) is 2.39. The van der Waals surface area contributed by atoms with Crippen LogP contribution in [0, 0.1) is 0 Å². The molecule has 25 heavy (non-hydrogen) atoms. The maximum absolute atomic E-state index is 12.1. The molecule has 0 saturated carbocycles. The highest BCUT2D eigenvalue weighted by Crippen LogP contribution is 2.28. The number of fused-ring (bicyclic) bond motifs is 2. The van der Waals surface area contributed by atoms with Crippen LogP contribution in [0.5, 0.6) is 0 Å². The van der Waals surface area contributed by atoms with Crippen molar-refractivity contribution in [1.29, 1.82) is 0 Å². The summed E-state index contributed by atoms with van der Waals surface area (Å²) in [7, 11) is 0. The smallest absolute Gasteiger partial charge is 0.239 e. The van der Waals surface area contributed by atoms with Crippen LogP contribution in [-0.2, 0) is 10.3 Å². The summed E-state index contributed by atoms with van der Waals surface area (Å²) < 4.78 is 1.87. The second kappa shape index (κ2) is 5.29. The minimum absolute atomic E-state index is 0.0475. The number of nitrogens with zero attached hydrogens (tertiary/aromatic N) is 6. The van der Waals surface area contributed by atoms with Gasteiger partial charge in [0.2, 0.25) is 11.9 Å². The molecule has 2 fully saturated rings. The van der Waals surface area contributed by atoms with Crippen LogP contribution in [0.1, 0.15) is 27.2 Å². The van der Waals surface area contributed by atoms with E-state index in [4.69, 9.17) is 16.5 Å². The van der Waals surface area contributed by atoms with E-state index in [1.54, 1.807) is 6.20 Å². The molecule has 0 aromatic carbocycles. The summed E-state index contributed by atoms with van der Waals surface area (Å²) in [5, 5.41) is 5.19. The van der Waals surface area contributed by atoms with Gasteiger partial charge >= 0.3 is 0 Å². The summed E-state index contributed by atoms with van der Waals surface area (Å²) in [4.78, 5) is 25.2. The summed E-state index contributed by atoms with van der Waals surface area (Å²) in [6, 6.07) is -0.273. The fourth-order valence-corrected chi connectivity index (χ4v) is 3.69. The summed E-state index contributed by atoms with van der Waals surface area (Å²) >= 11 is 0. The lowest BCUT2D eigenvalue weighted by atomic mass is 10.1. The van der Waals surface area contributed by atoms with Crippen molar-refractivity contribution in [1.82, 2.24) is 24.6 Å². The largest absolute Gasteiger partial charge is 0.383 e. The number of carbonyl (C=O) groups is 1. The summed E-state index contributed by atoms with van der Waals surface area (Å²) in [5.41, 5.74) is 12.6. The lowest BCUT2D eigenvalue weighted by Crippen LogP contribution is -2.52. The number of amides is 1. The predicted octanol–water partition coefficient (Wildman–Crippen LogP) is -0.0883. The zero-order valence-corrected chi connectivity index (χ0v) is 14.8. The van der Waals surface area contributed by atoms with Crippen LogP contribution in [0.2, 0.25) is 0 Å². The quantitative estimate of drug-likeness (QED) is 0.742. The van der Waals surface area contributed by atoms with Crippen LogP contribution >= 0.6 is 0 Å². The van der Waals surface area contributed by atoms with E-state index < -0.39 is 0 Å². The molecule has 2 saturated heterocycles. The van der Waals surface area contributed by atoms with Gasteiger partial charge in [-0.05, 0) is 27.2 Å². The van der Waals surface area contributed by atoms with Crippen molar-refractivity contribution in [3.8, 4) is 0 Å². The highest BCUT2D eigenvalue weighted by atomic mass is 16.2. The van der Waals surface area contributed by atoms with Crippen LogP contribution < -0.4 is 16.4 Å². The molecule has 2 aromatic heterocycles. The first kappa shape index (κ1) is 16.1. The first-order chi connectivity index (χ1) is 11.8. The molecule has 2 aliphatic rings. The third kappa shape index (κ3) is 2.50. The van der Waals surface area contributed by atoms with E-state index in [9.17, 15) is 4.79 Å². The highest BCUT2D eigenvalue weighted by molar-refractivity contribution is 5.87. The van der Waals surface area contributed by atoms with E-state index >= 15 is 0 Å². The van der Waals surface area contributed by atoms with Gasteiger partial charge in [-0.3, -0.25) is 4.79 Å². The molecule has 0 radical (unpaired) electrons. The lowest BCUT2D eigenvalue weighted by Gasteiger charge is -2.37. The minimum atomic E-state index is -0.388. The Morgan fingerprint density at radius 1 is 1.24 bits per heavy atom. The van der Waals surface area contributed by atoms with Crippen molar-refractivity contribution >= 4 is 28.7 Å². The third-order valence-electron chi connectivity index (χ3n) is 4.97. The molecule has 2 aromatic rings. The maximum Gasteiger partial charge on any atom is 0.239 e. The average Bonchev–Trinajstić information content (AvgIpc) is 3.09. The molecular formula is C16H24N8O. The first-order valence-corrected chi connectivity index (χ1v) is 8.58. The van der Waals surface area contributed by atoms with Crippen LogP contribution in [0.15, 0.2) is 6.20 Å². The van der Waals surface area contributed by atoms with Gasteiger partial charge in [0.25, 0.3) is 0 Å². The second-order valence-electron chi connectivity index (χ2n) is 7.85. The monoisotopic (exact) mass is 344 g/mol. The van der Waals surface area contributed by atoms with Gasteiger partial charge in [-0.2, -0.15) is 15.1 Å². The van der Waals surface area contributed by atoms with E-state index in [1.165, 1.54) is 0 Å². The van der Waals surface area contributed by atoms with Gasteiger partial charge in [0.15, 0.2) is 5.65 Å². The fourth-order valence-electron chi connectivity index (χ4n) is 3.69. The summed E-state index contributed by atoms with van der Waals surface area (Å²) in [5.74, 6) is 1.06. The Bertz CT molecular complexity index is 839. The molecule has 0 spiro atoms. The van der Waals surface area contributed by atoms with E-state index in [-0.39, 0.29) is 23.5 Å².